The van der Waals surface area contributed by atoms with Crippen LogP contribution in [0.1, 0.15) is 15.9 Å². The zero-order valence-electron chi connectivity index (χ0n) is 9.38. The van der Waals surface area contributed by atoms with Crippen LogP contribution in [0, 0.1) is 6.92 Å². The lowest BCUT2D eigenvalue weighted by atomic mass is 10.1. The highest BCUT2D eigenvalue weighted by atomic mass is 16.5. The van der Waals surface area contributed by atoms with E-state index in [0.29, 0.717) is 17.1 Å². The average molecular weight is 228 g/mol. The second-order valence-electron chi connectivity index (χ2n) is 3.58. The van der Waals surface area contributed by atoms with E-state index in [0.717, 1.165) is 5.56 Å². The Morgan fingerprint density at radius 2 is 2.12 bits per heavy atom. The fourth-order valence-corrected chi connectivity index (χ4v) is 1.53. The molecule has 0 aliphatic carbocycles. The molecule has 0 radical (unpaired) electrons. The van der Waals surface area contributed by atoms with Gasteiger partial charge in [-0.2, -0.15) is 0 Å². The van der Waals surface area contributed by atoms with E-state index in [1.54, 1.807) is 49.6 Å². The molecular weight excluding hydrogens is 216 g/mol. The summed E-state index contributed by atoms with van der Waals surface area (Å²) in [4.78, 5) is 15.1. The largest absolute Gasteiger partial charge is 0.455 e. The van der Waals surface area contributed by atoms with Gasteiger partial charge in [0.2, 0.25) is 5.91 Å². The highest BCUT2D eigenvalue weighted by Crippen LogP contribution is 2.26. The van der Waals surface area contributed by atoms with Crippen LogP contribution in [0.3, 0.4) is 0 Å². The van der Waals surface area contributed by atoms with E-state index in [-0.39, 0.29) is 0 Å². The first-order chi connectivity index (χ1) is 8.18. The molecule has 86 valence electrons. The molecule has 0 bridgehead atoms. The van der Waals surface area contributed by atoms with Crippen molar-refractivity contribution < 1.29 is 9.53 Å². The summed E-state index contributed by atoms with van der Waals surface area (Å²) in [6.45, 7) is 1.80. The summed E-state index contributed by atoms with van der Waals surface area (Å²) in [5.41, 5.74) is 6.46. The van der Waals surface area contributed by atoms with Crippen LogP contribution in [-0.2, 0) is 0 Å². The third-order valence-electron chi connectivity index (χ3n) is 2.41. The maximum atomic E-state index is 11.2. The van der Waals surface area contributed by atoms with Gasteiger partial charge in [0.25, 0.3) is 0 Å². The Morgan fingerprint density at radius 3 is 2.76 bits per heavy atom. The Hall–Kier alpha value is -2.36. The Balaban J connectivity index is 2.34. The lowest BCUT2D eigenvalue weighted by Gasteiger charge is -2.10. The van der Waals surface area contributed by atoms with Crippen LogP contribution in [0.15, 0.2) is 42.7 Å². The predicted molar refractivity (Wildman–Crippen MR) is 64.0 cm³/mol. The van der Waals surface area contributed by atoms with Crippen LogP contribution in [0.5, 0.6) is 11.5 Å². The minimum absolute atomic E-state index is 0.459. The number of rotatable bonds is 3. The second kappa shape index (κ2) is 4.65. The van der Waals surface area contributed by atoms with Crippen molar-refractivity contribution >= 4 is 5.91 Å². The summed E-state index contributed by atoms with van der Waals surface area (Å²) in [6.07, 6.45) is 3.27. The number of carbonyl (C=O) groups excluding carboxylic acids is 1. The fourth-order valence-electron chi connectivity index (χ4n) is 1.53. The first kappa shape index (κ1) is 11.1. The van der Waals surface area contributed by atoms with Crippen molar-refractivity contribution in [3.05, 3.63) is 53.9 Å². The van der Waals surface area contributed by atoms with Crippen molar-refractivity contribution in [2.24, 2.45) is 5.73 Å². The average Bonchev–Trinajstić information content (AvgIpc) is 2.33. The molecule has 17 heavy (non-hydrogen) atoms. The number of pyridine rings is 1. The molecule has 0 aliphatic heterocycles. The quantitative estimate of drug-likeness (QED) is 0.876. The van der Waals surface area contributed by atoms with Crippen molar-refractivity contribution in [1.82, 2.24) is 4.98 Å². The lowest BCUT2D eigenvalue weighted by molar-refractivity contribution is 0.0999. The van der Waals surface area contributed by atoms with Gasteiger partial charge in [-0.3, -0.25) is 9.78 Å². The molecule has 2 N–H and O–H groups in total. The van der Waals surface area contributed by atoms with Gasteiger partial charge in [0.05, 0.1) is 6.20 Å². The minimum atomic E-state index is -0.459. The normalized spacial score (nSPS) is 9.94. The van der Waals surface area contributed by atoms with Gasteiger partial charge in [0, 0.05) is 17.3 Å². The number of carbonyl (C=O) groups is 1. The van der Waals surface area contributed by atoms with Crippen LogP contribution in [0.2, 0.25) is 0 Å². The Kier molecular flexibility index (Phi) is 3.05. The predicted octanol–water partition coefficient (Wildman–Crippen LogP) is 2.28. The van der Waals surface area contributed by atoms with Gasteiger partial charge in [-0.1, -0.05) is 6.07 Å². The first-order valence-corrected chi connectivity index (χ1v) is 5.16. The number of primary amides is 1. The Morgan fingerprint density at radius 1 is 1.29 bits per heavy atom. The third kappa shape index (κ3) is 2.42. The summed E-state index contributed by atoms with van der Waals surface area (Å²) in [5.74, 6) is 0.769. The van der Waals surface area contributed by atoms with E-state index < -0.39 is 5.91 Å². The van der Waals surface area contributed by atoms with Gasteiger partial charge in [0.1, 0.15) is 11.5 Å². The summed E-state index contributed by atoms with van der Waals surface area (Å²) >= 11 is 0. The second-order valence-corrected chi connectivity index (χ2v) is 3.58. The van der Waals surface area contributed by atoms with Gasteiger partial charge in [-0.15, -0.1) is 0 Å². The summed E-state index contributed by atoms with van der Waals surface area (Å²) in [7, 11) is 0. The van der Waals surface area contributed by atoms with Gasteiger partial charge in [-0.25, -0.2) is 0 Å². The standard InChI is InChI=1S/C13H12N2O2/c1-9-11(13(14)16)5-2-6-12(9)17-10-4-3-7-15-8-10/h2-8H,1H3,(H2,14,16). The molecule has 0 unspecified atom stereocenters. The number of aromatic nitrogens is 1. The van der Waals surface area contributed by atoms with E-state index in [1.165, 1.54) is 0 Å². The topological polar surface area (TPSA) is 65.2 Å². The molecule has 1 aromatic heterocycles. The summed E-state index contributed by atoms with van der Waals surface area (Å²) in [5, 5.41) is 0. The molecule has 1 heterocycles. The molecule has 2 rings (SSSR count). The Labute approximate surface area is 99.1 Å². The van der Waals surface area contributed by atoms with Crippen molar-refractivity contribution in [2.45, 2.75) is 6.92 Å². The van der Waals surface area contributed by atoms with E-state index in [2.05, 4.69) is 4.98 Å². The van der Waals surface area contributed by atoms with Crippen LogP contribution in [-0.4, -0.2) is 10.9 Å². The number of benzene rings is 1. The number of nitrogens with zero attached hydrogens (tertiary/aromatic N) is 1. The molecule has 4 heteroatoms. The van der Waals surface area contributed by atoms with Crippen LogP contribution < -0.4 is 10.5 Å². The molecular formula is C13H12N2O2. The van der Waals surface area contributed by atoms with Gasteiger partial charge >= 0.3 is 0 Å². The van der Waals surface area contributed by atoms with Crippen LogP contribution in [0.4, 0.5) is 0 Å². The van der Waals surface area contributed by atoms with Crippen LogP contribution >= 0.6 is 0 Å². The summed E-state index contributed by atoms with van der Waals surface area (Å²) < 4.78 is 5.63. The maximum Gasteiger partial charge on any atom is 0.249 e. The third-order valence-corrected chi connectivity index (χ3v) is 2.41. The summed E-state index contributed by atoms with van der Waals surface area (Å²) in [6, 6.07) is 8.77. The highest BCUT2D eigenvalue weighted by molar-refractivity contribution is 5.94. The van der Waals surface area contributed by atoms with Crippen molar-refractivity contribution in [1.29, 1.82) is 0 Å². The van der Waals surface area contributed by atoms with Crippen molar-refractivity contribution in [3.8, 4) is 11.5 Å². The monoisotopic (exact) mass is 228 g/mol. The van der Waals surface area contributed by atoms with E-state index in [9.17, 15) is 4.79 Å². The molecule has 4 nitrogen and oxygen atoms in total. The smallest absolute Gasteiger partial charge is 0.249 e. The minimum Gasteiger partial charge on any atom is -0.455 e. The van der Waals surface area contributed by atoms with Gasteiger partial charge in [0.15, 0.2) is 0 Å². The van der Waals surface area contributed by atoms with E-state index >= 15 is 0 Å². The molecule has 0 atom stereocenters. The SMILES string of the molecule is Cc1c(Oc2cccnc2)cccc1C(N)=O. The fraction of sp³-hybridized carbons (Fsp3) is 0.0769. The van der Waals surface area contributed by atoms with Gasteiger partial charge < -0.3 is 10.5 Å². The number of hydrogen-bond donors (Lipinski definition) is 1. The zero-order chi connectivity index (χ0) is 12.3. The first-order valence-electron chi connectivity index (χ1n) is 5.16. The molecule has 0 saturated heterocycles. The molecule has 1 amide bonds. The zero-order valence-corrected chi connectivity index (χ0v) is 9.38. The lowest BCUT2D eigenvalue weighted by Crippen LogP contribution is -2.12. The number of nitrogens with two attached hydrogens (primary N) is 1. The molecule has 0 fully saturated rings. The molecule has 0 spiro atoms. The van der Waals surface area contributed by atoms with Gasteiger partial charge in [-0.05, 0) is 31.2 Å². The number of amides is 1. The highest BCUT2D eigenvalue weighted by Gasteiger charge is 2.09. The van der Waals surface area contributed by atoms with Crippen LogP contribution in [0.25, 0.3) is 0 Å². The number of ether oxygens (including phenoxy) is 1. The molecule has 0 aliphatic rings. The Bertz CT molecular complexity index is 538. The van der Waals surface area contributed by atoms with Crippen molar-refractivity contribution in [3.63, 3.8) is 0 Å². The number of hydrogen-bond acceptors (Lipinski definition) is 3. The molecule has 0 saturated carbocycles. The van der Waals surface area contributed by atoms with E-state index in [4.69, 9.17) is 10.5 Å². The maximum absolute atomic E-state index is 11.2. The molecule has 1 aromatic carbocycles. The van der Waals surface area contributed by atoms with E-state index in [1.807, 2.05) is 0 Å². The molecule has 2 aromatic rings. The van der Waals surface area contributed by atoms with Crippen molar-refractivity contribution in [2.75, 3.05) is 0 Å².